The number of rotatable bonds is 9. The molecular weight excluding hydrogens is 388 g/mol. The van der Waals surface area contributed by atoms with Crippen LogP contribution in [-0.4, -0.2) is 34.5 Å². The number of amides is 2. The largest absolute Gasteiger partial charge is 0.355 e. The Morgan fingerprint density at radius 2 is 1.79 bits per heavy atom. The molecule has 1 aromatic heterocycles. The second-order valence-electron chi connectivity index (χ2n) is 6.79. The molecule has 2 amide bonds. The summed E-state index contributed by atoms with van der Waals surface area (Å²) in [6.45, 7) is 3.36. The Kier molecular flexibility index (Phi) is 7.25. The van der Waals surface area contributed by atoms with Crippen LogP contribution >= 0.6 is 11.6 Å². The van der Waals surface area contributed by atoms with Gasteiger partial charge in [0.25, 0.3) is 5.91 Å². The molecular formula is C22H25ClN4O2. The van der Waals surface area contributed by atoms with Crippen LogP contribution in [-0.2, 0) is 17.8 Å². The standard InChI is InChI=1S/C22H25ClN4O2/c1-2-3-13-24-21(28)15-27-19-11-7-6-10-18(19)26-20(27)12-14-25-22(29)16-8-4-5-9-17(16)23/h4-11H,2-3,12-15H2,1H3,(H,24,28)(H,25,29). The van der Waals surface area contributed by atoms with Crippen LogP contribution in [0.1, 0.15) is 35.9 Å². The van der Waals surface area contributed by atoms with E-state index in [9.17, 15) is 9.59 Å². The Morgan fingerprint density at radius 3 is 2.59 bits per heavy atom. The molecule has 6 nitrogen and oxygen atoms in total. The molecule has 0 saturated carbocycles. The van der Waals surface area contributed by atoms with Crippen LogP contribution < -0.4 is 10.6 Å². The fourth-order valence-corrected chi connectivity index (χ4v) is 3.35. The predicted molar refractivity (Wildman–Crippen MR) is 115 cm³/mol. The van der Waals surface area contributed by atoms with Gasteiger partial charge in [-0.15, -0.1) is 0 Å². The maximum absolute atomic E-state index is 12.4. The van der Waals surface area contributed by atoms with E-state index in [0.29, 0.717) is 30.1 Å². The lowest BCUT2D eigenvalue weighted by atomic mass is 10.2. The second-order valence-corrected chi connectivity index (χ2v) is 7.20. The molecule has 3 aromatic rings. The van der Waals surface area contributed by atoms with Gasteiger partial charge in [0, 0.05) is 19.5 Å². The van der Waals surface area contributed by atoms with E-state index in [0.717, 1.165) is 29.7 Å². The number of carbonyl (C=O) groups is 2. The monoisotopic (exact) mass is 412 g/mol. The minimum atomic E-state index is -0.226. The van der Waals surface area contributed by atoms with Crippen LogP contribution in [0.15, 0.2) is 48.5 Å². The molecule has 0 fully saturated rings. The van der Waals surface area contributed by atoms with Crippen LogP contribution in [0.4, 0.5) is 0 Å². The minimum Gasteiger partial charge on any atom is -0.355 e. The third-order valence-corrected chi connectivity index (χ3v) is 4.97. The van der Waals surface area contributed by atoms with Gasteiger partial charge in [-0.2, -0.15) is 0 Å². The molecule has 7 heteroatoms. The molecule has 0 saturated heterocycles. The van der Waals surface area contributed by atoms with Gasteiger partial charge in [0.05, 0.1) is 21.6 Å². The molecule has 0 atom stereocenters. The molecule has 2 aromatic carbocycles. The number of aromatic nitrogens is 2. The quantitative estimate of drug-likeness (QED) is 0.527. The SMILES string of the molecule is CCCCNC(=O)Cn1c(CCNC(=O)c2ccccc2Cl)nc2ccccc21. The van der Waals surface area contributed by atoms with Crippen molar-refractivity contribution in [2.45, 2.75) is 32.7 Å². The molecule has 29 heavy (non-hydrogen) atoms. The summed E-state index contributed by atoms with van der Waals surface area (Å²) in [5, 5.41) is 6.24. The first-order valence-electron chi connectivity index (χ1n) is 9.83. The third kappa shape index (κ3) is 5.35. The number of nitrogens with zero attached hydrogens (tertiary/aromatic N) is 2. The molecule has 2 N–H and O–H groups in total. The molecule has 3 rings (SSSR count). The average molecular weight is 413 g/mol. The van der Waals surface area contributed by atoms with Crippen molar-refractivity contribution < 1.29 is 9.59 Å². The molecule has 0 aliphatic carbocycles. The van der Waals surface area contributed by atoms with Crippen LogP contribution in [0.2, 0.25) is 5.02 Å². The molecule has 1 heterocycles. The predicted octanol–water partition coefficient (Wildman–Crippen LogP) is 3.58. The van der Waals surface area contributed by atoms with E-state index in [1.807, 2.05) is 28.8 Å². The number of fused-ring (bicyclic) bond motifs is 1. The van der Waals surface area contributed by atoms with Gasteiger partial charge in [0.1, 0.15) is 12.4 Å². The topological polar surface area (TPSA) is 76.0 Å². The van der Waals surface area contributed by atoms with Crippen LogP contribution in [0.3, 0.4) is 0 Å². The van der Waals surface area contributed by atoms with Gasteiger partial charge in [-0.1, -0.05) is 49.2 Å². The summed E-state index contributed by atoms with van der Waals surface area (Å²) in [6, 6.07) is 14.7. The van der Waals surface area contributed by atoms with Crippen molar-refractivity contribution in [3.8, 4) is 0 Å². The van der Waals surface area contributed by atoms with E-state index < -0.39 is 0 Å². The third-order valence-electron chi connectivity index (χ3n) is 4.64. The normalized spacial score (nSPS) is 10.8. The Morgan fingerprint density at radius 1 is 1.03 bits per heavy atom. The van der Waals surface area contributed by atoms with E-state index in [1.54, 1.807) is 24.3 Å². The van der Waals surface area contributed by atoms with E-state index in [2.05, 4.69) is 22.5 Å². The number of halogens is 1. The summed E-state index contributed by atoms with van der Waals surface area (Å²) in [5.41, 5.74) is 2.19. The molecule has 0 spiro atoms. The fraction of sp³-hybridized carbons (Fsp3) is 0.318. The summed E-state index contributed by atoms with van der Waals surface area (Å²) >= 11 is 6.08. The Balaban J connectivity index is 1.69. The molecule has 0 radical (unpaired) electrons. The number of para-hydroxylation sites is 2. The van der Waals surface area contributed by atoms with Gasteiger partial charge in [-0.25, -0.2) is 4.98 Å². The average Bonchev–Trinajstić information content (AvgIpc) is 3.06. The second kappa shape index (κ2) is 10.1. The van der Waals surface area contributed by atoms with Crippen molar-refractivity contribution >= 4 is 34.4 Å². The summed E-state index contributed by atoms with van der Waals surface area (Å²) < 4.78 is 1.91. The van der Waals surface area contributed by atoms with Gasteiger partial charge in [-0.05, 0) is 30.7 Å². The number of imidazole rings is 1. The highest BCUT2D eigenvalue weighted by atomic mass is 35.5. The zero-order chi connectivity index (χ0) is 20.6. The van der Waals surface area contributed by atoms with Crippen molar-refractivity contribution in [1.29, 1.82) is 0 Å². The van der Waals surface area contributed by atoms with Crippen molar-refractivity contribution in [3.63, 3.8) is 0 Å². The zero-order valence-electron chi connectivity index (χ0n) is 16.5. The highest BCUT2D eigenvalue weighted by Crippen LogP contribution is 2.17. The van der Waals surface area contributed by atoms with Gasteiger partial charge >= 0.3 is 0 Å². The number of carbonyl (C=O) groups excluding carboxylic acids is 2. The minimum absolute atomic E-state index is 0.0389. The van der Waals surface area contributed by atoms with Gasteiger partial charge in [0.15, 0.2) is 0 Å². The summed E-state index contributed by atoms with van der Waals surface area (Å²) in [5.74, 6) is 0.495. The van der Waals surface area contributed by atoms with Crippen LogP contribution in [0, 0.1) is 0 Å². The maximum atomic E-state index is 12.4. The lowest BCUT2D eigenvalue weighted by Crippen LogP contribution is -2.30. The number of unbranched alkanes of at least 4 members (excludes halogenated alkanes) is 1. The van der Waals surface area contributed by atoms with Gasteiger partial charge in [0.2, 0.25) is 5.91 Å². The van der Waals surface area contributed by atoms with Crippen molar-refractivity contribution in [2.75, 3.05) is 13.1 Å². The highest BCUT2D eigenvalue weighted by Gasteiger charge is 2.14. The lowest BCUT2D eigenvalue weighted by molar-refractivity contribution is -0.121. The Bertz CT molecular complexity index is 999. The number of benzene rings is 2. The smallest absolute Gasteiger partial charge is 0.252 e. The molecule has 0 bridgehead atoms. The van der Waals surface area contributed by atoms with Crippen LogP contribution in [0.5, 0.6) is 0 Å². The van der Waals surface area contributed by atoms with E-state index in [-0.39, 0.29) is 18.4 Å². The summed E-state index contributed by atoms with van der Waals surface area (Å²) in [4.78, 5) is 29.3. The molecule has 152 valence electrons. The maximum Gasteiger partial charge on any atom is 0.252 e. The number of hydrogen-bond donors (Lipinski definition) is 2. The molecule has 0 unspecified atom stereocenters. The summed E-state index contributed by atoms with van der Waals surface area (Å²) in [6.07, 6.45) is 2.50. The Hall–Kier alpha value is -2.86. The van der Waals surface area contributed by atoms with Crippen LogP contribution in [0.25, 0.3) is 11.0 Å². The lowest BCUT2D eigenvalue weighted by Gasteiger charge is -2.11. The van der Waals surface area contributed by atoms with Crippen molar-refractivity contribution in [3.05, 3.63) is 64.9 Å². The highest BCUT2D eigenvalue weighted by molar-refractivity contribution is 6.33. The van der Waals surface area contributed by atoms with E-state index >= 15 is 0 Å². The first kappa shape index (κ1) is 20.9. The summed E-state index contributed by atoms with van der Waals surface area (Å²) in [7, 11) is 0. The van der Waals surface area contributed by atoms with Gasteiger partial charge in [-0.3, -0.25) is 9.59 Å². The molecule has 0 aliphatic rings. The van der Waals surface area contributed by atoms with Gasteiger partial charge < -0.3 is 15.2 Å². The first-order chi connectivity index (χ1) is 14.1. The van der Waals surface area contributed by atoms with Crippen molar-refractivity contribution in [1.82, 2.24) is 20.2 Å². The zero-order valence-corrected chi connectivity index (χ0v) is 17.2. The number of nitrogens with one attached hydrogen (secondary N) is 2. The van der Waals surface area contributed by atoms with E-state index in [1.165, 1.54) is 0 Å². The van der Waals surface area contributed by atoms with Crippen molar-refractivity contribution in [2.24, 2.45) is 0 Å². The molecule has 0 aliphatic heterocycles. The first-order valence-corrected chi connectivity index (χ1v) is 10.2. The fourth-order valence-electron chi connectivity index (χ4n) is 3.13. The van der Waals surface area contributed by atoms with E-state index in [4.69, 9.17) is 11.6 Å². The Labute approximate surface area is 175 Å². The number of hydrogen-bond acceptors (Lipinski definition) is 3.